The first-order chi connectivity index (χ1) is 9.36. The van der Waals surface area contributed by atoms with Crippen LogP contribution in [0.5, 0.6) is 0 Å². The Bertz CT molecular complexity index is 724. The summed E-state index contributed by atoms with van der Waals surface area (Å²) in [4.78, 5) is 8.70. The van der Waals surface area contributed by atoms with Crippen LogP contribution in [0, 0.1) is 11.3 Å². The molecule has 0 aliphatic rings. The van der Waals surface area contributed by atoms with Gasteiger partial charge in [0, 0.05) is 28.9 Å². The number of aromatic nitrogens is 2. The first kappa shape index (κ1) is 11.6. The highest BCUT2D eigenvalue weighted by atomic mass is 32.1. The summed E-state index contributed by atoms with van der Waals surface area (Å²) in [6.07, 6.45) is 3.56. The second-order valence-electron chi connectivity index (χ2n) is 3.97. The maximum atomic E-state index is 8.78. The summed E-state index contributed by atoms with van der Waals surface area (Å²) in [6, 6.07) is 13.4. The van der Waals surface area contributed by atoms with Gasteiger partial charge in [-0.15, -0.1) is 11.3 Å². The molecule has 3 aromatic rings. The van der Waals surface area contributed by atoms with Crippen molar-refractivity contribution in [2.75, 3.05) is 0 Å². The lowest BCUT2D eigenvalue weighted by Crippen LogP contribution is -1.81. The number of hydrogen-bond donors (Lipinski definition) is 0. The quantitative estimate of drug-likeness (QED) is 0.707. The Morgan fingerprint density at radius 2 is 1.89 bits per heavy atom. The molecule has 0 saturated carbocycles. The molecule has 3 nitrogen and oxygen atoms in total. The lowest BCUT2D eigenvalue weighted by molar-refractivity contribution is 1.31. The maximum Gasteiger partial charge on any atom is 0.125 e. The first-order valence-electron chi connectivity index (χ1n) is 5.73. The molecule has 0 atom stereocenters. The fraction of sp³-hybridized carbons (Fsp3) is 0. The van der Waals surface area contributed by atoms with E-state index in [1.54, 1.807) is 35.9 Å². The zero-order valence-electron chi connectivity index (χ0n) is 9.95. The maximum absolute atomic E-state index is 8.78. The molecule has 0 N–H and O–H groups in total. The fourth-order valence-corrected chi connectivity index (χ4v) is 2.56. The topological polar surface area (TPSA) is 49.6 Å². The molecule has 0 aliphatic carbocycles. The van der Waals surface area contributed by atoms with Gasteiger partial charge in [-0.1, -0.05) is 12.1 Å². The molecule has 0 spiro atoms. The Morgan fingerprint density at radius 3 is 2.58 bits per heavy atom. The predicted octanol–water partition coefficient (Wildman–Crippen LogP) is 3.74. The molecule has 0 amide bonds. The number of benzene rings is 1. The van der Waals surface area contributed by atoms with E-state index in [0.29, 0.717) is 5.56 Å². The van der Waals surface area contributed by atoms with Crippen LogP contribution in [-0.2, 0) is 0 Å². The summed E-state index contributed by atoms with van der Waals surface area (Å²) in [5.74, 6) is 0. The van der Waals surface area contributed by atoms with Crippen molar-refractivity contribution in [3.63, 3.8) is 0 Å². The molecule has 2 heterocycles. The second-order valence-corrected chi connectivity index (χ2v) is 4.83. The number of nitrogens with zero attached hydrogens (tertiary/aromatic N) is 3. The highest BCUT2D eigenvalue weighted by Crippen LogP contribution is 2.28. The minimum Gasteiger partial charge on any atom is -0.264 e. The monoisotopic (exact) mass is 263 g/mol. The Balaban J connectivity index is 1.95. The summed E-state index contributed by atoms with van der Waals surface area (Å²) >= 11 is 1.59. The molecule has 0 aliphatic heterocycles. The summed E-state index contributed by atoms with van der Waals surface area (Å²) in [6.45, 7) is 0. The van der Waals surface area contributed by atoms with Crippen LogP contribution in [-0.4, -0.2) is 9.97 Å². The van der Waals surface area contributed by atoms with Gasteiger partial charge in [0.05, 0.1) is 17.3 Å². The van der Waals surface area contributed by atoms with Crippen LogP contribution in [0.2, 0.25) is 0 Å². The van der Waals surface area contributed by atoms with Gasteiger partial charge in [-0.3, -0.25) is 4.98 Å². The van der Waals surface area contributed by atoms with Crippen molar-refractivity contribution in [1.29, 1.82) is 5.26 Å². The van der Waals surface area contributed by atoms with Crippen LogP contribution in [0.15, 0.2) is 54.2 Å². The molecule has 3 rings (SSSR count). The van der Waals surface area contributed by atoms with Crippen LogP contribution in [0.4, 0.5) is 0 Å². The Kier molecular flexibility index (Phi) is 3.05. The Labute approximate surface area is 114 Å². The zero-order chi connectivity index (χ0) is 13.1. The third-order valence-corrected chi connectivity index (χ3v) is 3.61. The SMILES string of the molecule is N#Cc1ccc(-c2csc(-c3cccnc3)n2)cc1. The van der Waals surface area contributed by atoms with Crippen molar-refractivity contribution in [3.8, 4) is 27.9 Å². The Hall–Kier alpha value is -2.51. The average Bonchev–Trinajstić information content (AvgIpc) is 2.98. The summed E-state index contributed by atoms with van der Waals surface area (Å²) < 4.78 is 0. The molecule has 2 aromatic heterocycles. The molecule has 19 heavy (non-hydrogen) atoms. The number of nitriles is 1. The van der Waals surface area contributed by atoms with Crippen molar-refractivity contribution in [2.45, 2.75) is 0 Å². The summed E-state index contributed by atoms with van der Waals surface area (Å²) in [5.41, 5.74) is 3.62. The van der Waals surface area contributed by atoms with Gasteiger partial charge in [0.2, 0.25) is 0 Å². The second kappa shape index (κ2) is 5.01. The lowest BCUT2D eigenvalue weighted by Gasteiger charge is -1.96. The van der Waals surface area contributed by atoms with Gasteiger partial charge in [-0.05, 0) is 24.3 Å². The molecular formula is C15H9N3S. The minimum atomic E-state index is 0.659. The number of hydrogen-bond acceptors (Lipinski definition) is 4. The van der Waals surface area contributed by atoms with Gasteiger partial charge in [0.1, 0.15) is 5.01 Å². The lowest BCUT2D eigenvalue weighted by atomic mass is 10.1. The molecule has 0 fully saturated rings. The molecule has 90 valence electrons. The van der Waals surface area contributed by atoms with Gasteiger partial charge >= 0.3 is 0 Å². The molecule has 0 bridgehead atoms. The third-order valence-electron chi connectivity index (χ3n) is 2.72. The number of pyridine rings is 1. The number of rotatable bonds is 2. The first-order valence-corrected chi connectivity index (χ1v) is 6.61. The third kappa shape index (κ3) is 2.37. The highest BCUT2D eigenvalue weighted by molar-refractivity contribution is 7.13. The van der Waals surface area contributed by atoms with E-state index in [1.165, 1.54) is 0 Å². The largest absolute Gasteiger partial charge is 0.264 e. The van der Waals surface area contributed by atoms with Crippen molar-refractivity contribution < 1.29 is 0 Å². The molecule has 0 unspecified atom stereocenters. The van der Waals surface area contributed by atoms with E-state index in [1.807, 2.05) is 29.6 Å². The van der Waals surface area contributed by atoms with Crippen molar-refractivity contribution in [2.24, 2.45) is 0 Å². The van der Waals surface area contributed by atoms with Crippen LogP contribution >= 0.6 is 11.3 Å². The van der Waals surface area contributed by atoms with E-state index in [2.05, 4.69) is 16.0 Å². The van der Waals surface area contributed by atoms with Crippen molar-refractivity contribution in [1.82, 2.24) is 9.97 Å². The molecule has 1 aromatic carbocycles. The fourth-order valence-electron chi connectivity index (χ4n) is 1.74. The molecule has 0 saturated heterocycles. The minimum absolute atomic E-state index is 0.659. The van der Waals surface area contributed by atoms with E-state index in [0.717, 1.165) is 21.8 Å². The standard InChI is InChI=1S/C15H9N3S/c16-8-11-3-5-12(6-4-11)14-10-19-15(18-14)13-2-1-7-17-9-13/h1-7,9-10H. The van der Waals surface area contributed by atoms with Crippen LogP contribution in [0.25, 0.3) is 21.8 Å². The molecular weight excluding hydrogens is 254 g/mol. The summed E-state index contributed by atoms with van der Waals surface area (Å²) in [5, 5.41) is 11.8. The van der Waals surface area contributed by atoms with Crippen LogP contribution < -0.4 is 0 Å². The van der Waals surface area contributed by atoms with E-state index in [4.69, 9.17) is 5.26 Å². The normalized spacial score (nSPS) is 10.1. The highest BCUT2D eigenvalue weighted by Gasteiger charge is 2.06. The number of thiazole rings is 1. The van der Waals surface area contributed by atoms with Gasteiger partial charge < -0.3 is 0 Å². The average molecular weight is 263 g/mol. The van der Waals surface area contributed by atoms with E-state index in [9.17, 15) is 0 Å². The van der Waals surface area contributed by atoms with E-state index < -0.39 is 0 Å². The molecule has 4 heteroatoms. The van der Waals surface area contributed by atoms with Crippen molar-refractivity contribution >= 4 is 11.3 Å². The zero-order valence-corrected chi connectivity index (χ0v) is 10.8. The Morgan fingerprint density at radius 1 is 1.05 bits per heavy atom. The summed E-state index contributed by atoms with van der Waals surface area (Å²) in [7, 11) is 0. The van der Waals surface area contributed by atoms with E-state index >= 15 is 0 Å². The van der Waals surface area contributed by atoms with Gasteiger partial charge in [-0.2, -0.15) is 5.26 Å². The van der Waals surface area contributed by atoms with E-state index in [-0.39, 0.29) is 0 Å². The van der Waals surface area contributed by atoms with Gasteiger partial charge in [0.15, 0.2) is 0 Å². The van der Waals surface area contributed by atoms with Gasteiger partial charge in [-0.25, -0.2) is 4.98 Å². The predicted molar refractivity (Wildman–Crippen MR) is 75.5 cm³/mol. The van der Waals surface area contributed by atoms with Crippen molar-refractivity contribution in [3.05, 3.63) is 59.7 Å². The van der Waals surface area contributed by atoms with Crippen LogP contribution in [0.3, 0.4) is 0 Å². The smallest absolute Gasteiger partial charge is 0.125 e. The van der Waals surface area contributed by atoms with Crippen LogP contribution in [0.1, 0.15) is 5.56 Å². The molecule has 0 radical (unpaired) electrons. The van der Waals surface area contributed by atoms with Gasteiger partial charge in [0.25, 0.3) is 0 Å².